The number of rotatable bonds is 5. The number of carbonyl (C=O) groups excluding carboxylic acids is 1. The van der Waals surface area contributed by atoms with Crippen molar-refractivity contribution >= 4 is 17.7 Å². The summed E-state index contributed by atoms with van der Waals surface area (Å²) in [6.45, 7) is 4.86. The second-order valence-electron chi connectivity index (χ2n) is 5.55. The molecule has 1 aromatic rings. The van der Waals surface area contributed by atoms with E-state index in [1.165, 1.54) is 10.5 Å². The zero-order valence-electron chi connectivity index (χ0n) is 12.4. The molecule has 1 amide bonds. The number of piperidine rings is 1. The molecule has 1 heterocycles. The first kappa shape index (κ1) is 15.4. The highest BCUT2D eigenvalue weighted by atomic mass is 32.2. The molecule has 1 fully saturated rings. The van der Waals surface area contributed by atoms with Crippen LogP contribution < -0.4 is 5.32 Å². The molecule has 1 aromatic carbocycles. The maximum Gasteiger partial charge on any atom is 0.224 e. The van der Waals surface area contributed by atoms with Gasteiger partial charge in [-0.15, -0.1) is 11.8 Å². The molecule has 20 heavy (non-hydrogen) atoms. The Kier molecular flexibility index (Phi) is 5.92. The van der Waals surface area contributed by atoms with Crippen molar-refractivity contribution in [3.8, 4) is 0 Å². The van der Waals surface area contributed by atoms with Crippen molar-refractivity contribution in [1.82, 2.24) is 10.2 Å². The van der Waals surface area contributed by atoms with Gasteiger partial charge in [-0.2, -0.15) is 0 Å². The Morgan fingerprint density at radius 2 is 2.15 bits per heavy atom. The molecule has 4 heteroatoms. The molecule has 1 N–H and O–H groups in total. The number of carbonyl (C=O) groups is 1. The third-order valence-corrected chi connectivity index (χ3v) is 4.70. The van der Waals surface area contributed by atoms with Crippen molar-refractivity contribution in [2.45, 2.75) is 24.7 Å². The molecule has 0 spiro atoms. The van der Waals surface area contributed by atoms with E-state index in [-0.39, 0.29) is 11.8 Å². The van der Waals surface area contributed by atoms with E-state index in [1.54, 1.807) is 11.8 Å². The van der Waals surface area contributed by atoms with E-state index < -0.39 is 0 Å². The number of likely N-dealkylation sites (tertiary alicyclic amines) is 1. The molecule has 0 bridgehead atoms. The SMILES string of the molecule is Cc1ccc(SCCNC(=O)C2CCCN(C)C2)cc1. The summed E-state index contributed by atoms with van der Waals surface area (Å²) in [4.78, 5) is 15.6. The monoisotopic (exact) mass is 292 g/mol. The van der Waals surface area contributed by atoms with Gasteiger partial charge >= 0.3 is 0 Å². The van der Waals surface area contributed by atoms with Crippen molar-refractivity contribution in [3.05, 3.63) is 29.8 Å². The van der Waals surface area contributed by atoms with Gasteiger partial charge in [-0.25, -0.2) is 0 Å². The van der Waals surface area contributed by atoms with Crippen LogP contribution in [-0.4, -0.2) is 43.2 Å². The number of nitrogens with one attached hydrogen (secondary N) is 1. The Labute approximate surface area is 126 Å². The molecule has 1 saturated heterocycles. The molecule has 0 aliphatic carbocycles. The van der Waals surface area contributed by atoms with Gasteiger partial charge < -0.3 is 10.2 Å². The van der Waals surface area contributed by atoms with Crippen molar-refractivity contribution in [3.63, 3.8) is 0 Å². The number of amides is 1. The first-order valence-electron chi connectivity index (χ1n) is 7.31. The Morgan fingerprint density at radius 3 is 2.85 bits per heavy atom. The largest absolute Gasteiger partial charge is 0.355 e. The predicted octanol–water partition coefficient (Wildman–Crippen LogP) is 2.55. The topological polar surface area (TPSA) is 32.3 Å². The molecular formula is C16H24N2OS. The van der Waals surface area contributed by atoms with E-state index in [9.17, 15) is 4.79 Å². The van der Waals surface area contributed by atoms with E-state index in [2.05, 4.69) is 48.5 Å². The molecule has 0 saturated carbocycles. The van der Waals surface area contributed by atoms with Crippen LogP contribution in [0.2, 0.25) is 0 Å². The maximum atomic E-state index is 12.1. The standard InChI is InChI=1S/C16H24N2OS/c1-13-5-7-15(8-6-13)20-11-9-17-16(19)14-4-3-10-18(2)12-14/h5-8,14H,3-4,9-12H2,1-2H3,(H,17,19). The summed E-state index contributed by atoms with van der Waals surface area (Å²) in [6.07, 6.45) is 2.16. The maximum absolute atomic E-state index is 12.1. The molecule has 1 aliphatic rings. The summed E-state index contributed by atoms with van der Waals surface area (Å²) < 4.78 is 0. The Balaban J connectivity index is 1.65. The van der Waals surface area contributed by atoms with Crippen LogP contribution in [-0.2, 0) is 4.79 Å². The van der Waals surface area contributed by atoms with Crippen LogP contribution in [0.1, 0.15) is 18.4 Å². The van der Waals surface area contributed by atoms with Crippen LogP contribution in [0.25, 0.3) is 0 Å². The van der Waals surface area contributed by atoms with Crippen LogP contribution in [0.5, 0.6) is 0 Å². The van der Waals surface area contributed by atoms with E-state index in [0.29, 0.717) is 0 Å². The quantitative estimate of drug-likeness (QED) is 0.668. The van der Waals surface area contributed by atoms with E-state index in [0.717, 1.165) is 38.2 Å². The Morgan fingerprint density at radius 1 is 1.40 bits per heavy atom. The average molecular weight is 292 g/mol. The van der Waals surface area contributed by atoms with Crippen molar-refractivity contribution in [2.24, 2.45) is 5.92 Å². The van der Waals surface area contributed by atoms with Gasteiger partial charge in [0.05, 0.1) is 5.92 Å². The van der Waals surface area contributed by atoms with E-state index >= 15 is 0 Å². The van der Waals surface area contributed by atoms with Crippen LogP contribution in [0, 0.1) is 12.8 Å². The van der Waals surface area contributed by atoms with Gasteiger partial charge in [0.1, 0.15) is 0 Å². The molecule has 2 rings (SSSR count). The summed E-state index contributed by atoms with van der Waals surface area (Å²) in [7, 11) is 2.09. The summed E-state index contributed by atoms with van der Waals surface area (Å²) in [6, 6.07) is 8.52. The van der Waals surface area contributed by atoms with Crippen LogP contribution in [0.4, 0.5) is 0 Å². The summed E-state index contributed by atoms with van der Waals surface area (Å²) in [5, 5.41) is 3.07. The highest BCUT2D eigenvalue weighted by Gasteiger charge is 2.23. The molecule has 0 radical (unpaired) electrons. The first-order chi connectivity index (χ1) is 9.65. The fourth-order valence-electron chi connectivity index (χ4n) is 2.50. The van der Waals surface area contributed by atoms with Crippen LogP contribution >= 0.6 is 11.8 Å². The van der Waals surface area contributed by atoms with Crippen molar-refractivity contribution in [1.29, 1.82) is 0 Å². The fraction of sp³-hybridized carbons (Fsp3) is 0.562. The highest BCUT2D eigenvalue weighted by molar-refractivity contribution is 7.99. The Hall–Kier alpha value is -1.00. The van der Waals surface area contributed by atoms with Gasteiger partial charge in [-0.05, 0) is 45.5 Å². The van der Waals surface area contributed by atoms with Gasteiger partial charge in [0.25, 0.3) is 0 Å². The highest BCUT2D eigenvalue weighted by Crippen LogP contribution is 2.18. The minimum absolute atomic E-state index is 0.179. The molecule has 1 atom stereocenters. The zero-order valence-corrected chi connectivity index (χ0v) is 13.2. The minimum Gasteiger partial charge on any atom is -0.355 e. The molecular weight excluding hydrogens is 268 g/mol. The lowest BCUT2D eigenvalue weighted by atomic mass is 9.98. The fourth-order valence-corrected chi connectivity index (χ4v) is 3.27. The molecule has 3 nitrogen and oxygen atoms in total. The zero-order chi connectivity index (χ0) is 14.4. The van der Waals surface area contributed by atoms with Gasteiger partial charge in [0, 0.05) is 23.7 Å². The lowest BCUT2D eigenvalue weighted by molar-refractivity contribution is -0.126. The smallest absolute Gasteiger partial charge is 0.224 e. The summed E-state index contributed by atoms with van der Waals surface area (Å²) in [5.41, 5.74) is 1.28. The Bertz CT molecular complexity index is 433. The molecule has 1 unspecified atom stereocenters. The lowest BCUT2D eigenvalue weighted by Crippen LogP contribution is -2.41. The third kappa shape index (κ3) is 4.84. The second kappa shape index (κ2) is 7.70. The summed E-state index contributed by atoms with van der Waals surface area (Å²) >= 11 is 1.79. The number of thioether (sulfide) groups is 1. The lowest BCUT2D eigenvalue weighted by Gasteiger charge is -2.28. The van der Waals surface area contributed by atoms with Gasteiger partial charge in [0.2, 0.25) is 5.91 Å². The minimum atomic E-state index is 0.179. The normalized spacial score (nSPS) is 19.8. The average Bonchev–Trinajstić information content (AvgIpc) is 2.45. The molecule has 110 valence electrons. The number of aryl methyl sites for hydroxylation is 1. The van der Waals surface area contributed by atoms with E-state index in [4.69, 9.17) is 0 Å². The molecule has 0 aromatic heterocycles. The van der Waals surface area contributed by atoms with Crippen molar-refractivity contribution < 1.29 is 4.79 Å². The number of nitrogens with zero attached hydrogens (tertiary/aromatic N) is 1. The van der Waals surface area contributed by atoms with Gasteiger partial charge in [0.15, 0.2) is 0 Å². The third-order valence-electron chi connectivity index (χ3n) is 3.69. The number of hydrogen-bond donors (Lipinski definition) is 1. The van der Waals surface area contributed by atoms with Crippen LogP contribution in [0.3, 0.4) is 0 Å². The summed E-state index contributed by atoms with van der Waals surface area (Å²) in [5.74, 6) is 1.33. The number of benzene rings is 1. The van der Waals surface area contributed by atoms with Crippen LogP contribution in [0.15, 0.2) is 29.2 Å². The van der Waals surface area contributed by atoms with Gasteiger partial charge in [-0.3, -0.25) is 4.79 Å². The van der Waals surface area contributed by atoms with Gasteiger partial charge in [-0.1, -0.05) is 17.7 Å². The van der Waals surface area contributed by atoms with E-state index in [1.807, 2.05) is 0 Å². The predicted molar refractivity (Wildman–Crippen MR) is 85.1 cm³/mol. The molecule has 1 aliphatic heterocycles. The number of hydrogen-bond acceptors (Lipinski definition) is 3. The second-order valence-corrected chi connectivity index (χ2v) is 6.72. The van der Waals surface area contributed by atoms with Crippen molar-refractivity contribution in [2.75, 3.05) is 32.4 Å². The first-order valence-corrected chi connectivity index (χ1v) is 8.29.